The van der Waals surface area contributed by atoms with Gasteiger partial charge in [-0.3, -0.25) is 0 Å². The molecule has 0 saturated carbocycles. The molecule has 2 N–H and O–H groups in total. The Bertz CT molecular complexity index is 340. The number of halogens is 2. The summed E-state index contributed by atoms with van der Waals surface area (Å²) in [5.74, 6) is -1.92. The summed E-state index contributed by atoms with van der Waals surface area (Å²) >= 11 is 0. The van der Waals surface area contributed by atoms with Crippen LogP contribution in [0.3, 0.4) is 0 Å². The van der Waals surface area contributed by atoms with Crippen molar-refractivity contribution < 1.29 is 19.0 Å². The molecule has 1 atom stereocenters. The lowest BCUT2D eigenvalue weighted by molar-refractivity contribution is 0.147. The first kappa shape index (κ1) is 12.1. The second kappa shape index (κ2) is 5.19. The van der Waals surface area contributed by atoms with Crippen LogP contribution in [0.1, 0.15) is 30.1 Å². The molecule has 0 radical (unpaired) electrons. The van der Waals surface area contributed by atoms with Crippen molar-refractivity contribution in [2.45, 2.75) is 25.9 Å². The lowest BCUT2D eigenvalue weighted by Gasteiger charge is -2.12. The molecule has 1 unspecified atom stereocenters. The summed E-state index contributed by atoms with van der Waals surface area (Å²) in [5.41, 5.74) is 0.164. The number of aliphatic hydroxyl groups excluding tert-OH is 2. The predicted octanol–water partition coefficient (Wildman–Crippen LogP) is 2.08. The highest BCUT2D eigenvalue weighted by Gasteiger charge is 2.16. The molecule has 0 spiro atoms. The van der Waals surface area contributed by atoms with Gasteiger partial charge in [0.15, 0.2) is 11.6 Å². The first-order chi connectivity index (χ1) is 7.07. The molecule has 0 aliphatic heterocycles. The summed E-state index contributed by atoms with van der Waals surface area (Å²) < 4.78 is 26.5. The van der Waals surface area contributed by atoms with Crippen molar-refractivity contribution in [3.05, 3.63) is 34.9 Å². The molecule has 1 rings (SSSR count). The molecule has 0 bridgehead atoms. The number of hydrogen-bond donors (Lipinski definition) is 2. The fourth-order valence-corrected chi connectivity index (χ4v) is 1.36. The number of benzene rings is 1. The Labute approximate surface area is 87.2 Å². The molecule has 15 heavy (non-hydrogen) atoms. The standard InChI is InChI=1S/C11H14F2O2/c1-7-4-5-8(11(13)10(7)12)9(15)3-2-6-14/h4-5,9,14-15H,2-3,6H2,1H3. The van der Waals surface area contributed by atoms with E-state index in [-0.39, 0.29) is 24.2 Å². The smallest absolute Gasteiger partial charge is 0.164 e. The third-order valence-corrected chi connectivity index (χ3v) is 2.30. The van der Waals surface area contributed by atoms with Crippen LogP contribution in [0, 0.1) is 18.6 Å². The SMILES string of the molecule is Cc1ccc(C(O)CCCO)c(F)c1F. The van der Waals surface area contributed by atoms with Crippen LogP contribution in [0.4, 0.5) is 8.78 Å². The van der Waals surface area contributed by atoms with E-state index >= 15 is 0 Å². The summed E-state index contributed by atoms with van der Waals surface area (Å²) in [4.78, 5) is 0. The molecule has 4 heteroatoms. The highest BCUT2D eigenvalue weighted by atomic mass is 19.2. The van der Waals surface area contributed by atoms with E-state index in [4.69, 9.17) is 5.11 Å². The minimum absolute atomic E-state index is 0.0495. The van der Waals surface area contributed by atoms with Gasteiger partial charge in [0.1, 0.15) is 0 Å². The van der Waals surface area contributed by atoms with E-state index in [9.17, 15) is 13.9 Å². The van der Waals surface area contributed by atoms with Crippen molar-refractivity contribution in [1.82, 2.24) is 0 Å². The molecule has 0 fully saturated rings. The number of hydrogen-bond acceptors (Lipinski definition) is 2. The molecule has 0 aliphatic rings. The van der Waals surface area contributed by atoms with E-state index in [1.54, 1.807) is 0 Å². The third-order valence-electron chi connectivity index (χ3n) is 2.30. The van der Waals surface area contributed by atoms with Crippen LogP contribution in [0.15, 0.2) is 12.1 Å². The summed E-state index contributed by atoms with van der Waals surface area (Å²) in [7, 11) is 0. The Hall–Kier alpha value is -1.00. The highest BCUT2D eigenvalue weighted by Crippen LogP contribution is 2.24. The van der Waals surface area contributed by atoms with Crippen LogP contribution >= 0.6 is 0 Å². The number of aliphatic hydroxyl groups is 2. The lowest BCUT2D eigenvalue weighted by Crippen LogP contribution is -2.04. The minimum atomic E-state index is -1.06. The van der Waals surface area contributed by atoms with E-state index < -0.39 is 17.7 Å². The Morgan fingerprint density at radius 1 is 1.27 bits per heavy atom. The van der Waals surface area contributed by atoms with Gasteiger partial charge in [0.05, 0.1) is 6.10 Å². The fraction of sp³-hybridized carbons (Fsp3) is 0.455. The van der Waals surface area contributed by atoms with E-state index in [1.165, 1.54) is 19.1 Å². The summed E-state index contributed by atoms with van der Waals surface area (Å²) in [5, 5.41) is 18.1. The Kier molecular flexibility index (Phi) is 4.17. The van der Waals surface area contributed by atoms with Crippen LogP contribution in [0.5, 0.6) is 0 Å². The first-order valence-corrected chi connectivity index (χ1v) is 4.81. The number of rotatable bonds is 4. The van der Waals surface area contributed by atoms with Crippen LogP contribution in [-0.2, 0) is 0 Å². The fourth-order valence-electron chi connectivity index (χ4n) is 1.36. The summed E-state index contributed by atoms with van der Waals surface area (Å²) in [6, 6.07) is 2.80. The van der Waals surface area contributed by atoms with Crippen molar-refractivity contribution >= 4 is 0 Å². The molecule has 1 aromatic carbocycles. The van der Waals surface area contributed by atoms with Crippen molar-refractivity contribution in [2.24, 2.45) is 0 Å². The van der Waals surface area contributed by atoms with Gasteiger partial charge in [-0.2, -0.15) is 0 Å². The van der Waals surface area contributed by atoms with Gasteiger partial charge in [-0.1, -0.05) is 12.1 Å². The Morgan fingerprint density at radius 2 is 1.93 bits per heavy atom. The Balaban J connectivity index is 2.90. The maximum absolute atomic E-state index is 13.3. The van der Waals surface area contributed by atoms with E-state index in [0.29, 0.717) is 6.42 Å². The molecule has 2 nitrogen and oxygen atoms in total. The zero-order valence-electron chi connectivity index (χ0n) is 8.50. The zero-order chi connectivity index (χ0) is 11.4. The lowest BCUT2D eigenvalue weighted by atomic mass is 10.0. The molecule has 0 heterocycles. The first-order valence-electron chi connectivity index (χ1n) is 4.81. The summed E-state index contributed by atoms with van der Waals surface area (Å²) in [6.07, 6.45) is -0.487. The molecule has 84 valence electrons. The van der Waals surface area contributed by atoms with Crippen molar-refractivity contribution in [3.63, 3.8) is 0 Å². The quantitative estimate of drug-likeness (QED) is 0.809. The second-order valence-electron chi connectivity index (χ2n) is 3.48. The van der Waals surface area contributed by atoms with Crippen molar-refractivity contribution in [3.8, 4) is 0 Å². The minimum Gasteiger partial charge on any atom is -0.396 e. The molecular weight excluding hydrogens is 202 g/mol. The van der Waals surface area contributed by atoms with Crippen LogP contribution in [0.2, 0.25) is 0 Å². The highest BCUT2D eigenvalue weighted by molar-refractivity contribution is 5.26. The topological polar surface area (TPSA) is 40.5 Å². The van der Waals surface area contributed by atoms with Gasteiger partial charge in [-0.25, -0.2) is 8.78 Å². The number of aryl methyl sites for hydroxylation is 1. The largest absolute Gasteiger partial charge is 0.396 e. The van der Waals surface area contributed by atoms with E-state index in [0.717, 1.165) is 0 Å². The van der Waals surface area contributed by atoms with Gasteiger partial charge in [0.2, 0.25) is 0 Å². The van der Waals surface area contributed by atoms with Gasteiger partial charge in [-0.05, 0) is 25.3 Å². The van der Waals surface area contributed by atoms with Gasteiger partial charge in [-0.15, -0.1) is 0 Å². The molecule has 1 aromatic rings. The third kappa shape index (κ3) is 2.73. The molecule has 0 amide bonds. The van der Waals surface area contributed by atoms with Crippen molar-refractivity contribution in [1.29, 1.82) is 0 Å². The monoisotopic (exact) mass is 216 g/mol. The molecule has 0 saturated heterocycles. The van der Waals surface area contributed by atoms with E-state index in [2.05, 4.69) is 0 Å². The Morgan fingerprint density at radius 3 is 2.53 bits per heavy atom. The van der Waals surface area contributed by atoms with E-state index in [1.807, 2.05) is 0 Å². The van der Waals surface area contributed by atoms with Crippen molar-refractivity contribution in [2.75, 3.05) is 6.61 Å². The zero-order valence-corrected chi connectivity index (χ0v) is 8.50. The normalized spacial score (nSPS) is 12.9. The predicted molar refractivity (Wildman–Crippen MR) is 52.4 cm³/mol. The van der Waals surface area contributed by atoms with Gasteiger partial charge < -0.3 is 10.2 Å². The second-order valence-corrected chi connectivity index (χ2v) is 3.48. The average molecular weight is 216 g/mol. The van der Waals surface area contributed by atoms with Gasteiger partial charge >= 0.3 is 0 Å². The van der Waals surface area contributed by atoms with Gasteiger partial charge in [0, 0.05) is 12.2 Å². The maximum atomic E-state index is 13.3. The molecule has 0 aliphatic carbocycles. The van der Waals surface area contributed by atoms with Crippen LogP contribution in [0.25, 0.3) is 0 Å². The summed E-state index contributed by atoms with van der Waals surface area (Å²) in [6.45, 7) is 1.38. The van der Waals surface area contributed by atoms with Crippen LogP contribution < -0.4 is 0 Å². The maximum Gasteiger partial charge on any atom is 0.164 e. The molecular formula is C11H14F2O2. The average Bonchev–Trinajstić information content (AvgIpc) is 2.23. The van der Waals surface area contributed by atoms with Gasteiger partial charge in [0.25, 0.3) is 0 Å². The van der Waals surface area contributed by atoms with Crippen LogP contribution in [-0.4, -0.2) is 16.8 Å². The molecule has 0 aromatic heterocycles.